The van der Waals surface area contributed by atoms with Crippen molar-refractivity contribution in [1.29, 1.82) is 0 Å². The number of aryl methyl sites for hydroxylation is 1. The summed E-state index contributed by atoms with van der Waals surface area (Å²) in [7, 11) is 0. The van der Waals surface area contributed by atoms with E-state index in [0.29, 0.717) is 5.06 Å². The lowest BCUT2D eigenvalue weighted by atomic mass is 10.1. The van der Waals surface area contributed by atoms with E-state index in [9.17, 15) is 14.4 Å². The molecule has 4 rings (SSSR count). The minimum absolute atomic E-state index is 0.0434. The summed E-state index contributed by atoms with van der Waals surface area (Å²) in [6.07, 6.45) is 1.69. The topological polar surface area (TPSA) is 79.5 Å². The van der Waals surface area contributed by atoms with E-state index in [2.05, 4.69) is 4.98 Å². The van der Waals surface area contributed by atoms with Gasteiger partial charge in [-0.2, -0.15) is 0 Å². The van der Waals surface area contributed by atoms with Crippen molar-refractivity contribution in [3.63, 3.8) is 0 Å². The lowest BCUT2D eigenvalue weighted by molar-refractivity contribution is -0.167. The molecule has 6 heteroatoms. The molecule has 6 nitrogen and oxygen atoms in total. The van der Waals surface area contributed by atoms with E-state index < -0.39 is 17.8 Å². The van der Waals surface area contributed by atoms with Crippen LogP contribution in [0.5, 0.6) is 0 Å². The van der Waals surface area contributed by atoms with Gasteiger partial charge in [0.05, 0.1) is 17.5 Å². The number of carbonyl (C=O) groups excluding carboxylic acids is 3. The molecule has 0 unspecified atom stereocenters. The van der Waals surface area contributed by atoms with Crippen LogP contribution >= 0.6 is 0 Å². The average Bonchev–Trinajstić information content (AvgIpc) is 3.11. The molecule has 3 aromatic rings. The van der Waals surface area contributed by atoms with Crippen LogP contribution in [0.4, 0.5) is 0 Å². The van der Waals surface area contributed by atoms with Crippen molar-refractivity contribution in [2.45, 2.75) is 13.3 Å². The molecule has 0 radical (unpaired) electrons. The number of hydrogen-bond acceptors (Lipinski definition) is 4. The fourth-order valence-electron chi connectivity index (χ4n) is 3.13. The molecule has 0 fully saturated rings. The van der Waals surface area contributed by atoms with Gasteiger partial charge in [-0.3, -0.25) is 9.59 Å². The third-order valence-corrected chi connectivity index (χ3v) is 4.28. The Balaban J connectivity index is 1.55. The van der Waals surface area contributed by atoms with Gasteiger partial charge < -0.3 is 9.82 Å². The fraction of sp³-hybridized carbons (Fsp3) is 0.105. The van der Waals surface area contributed by atoms with Crippen LogP contribution in [0.3, 0.4) is 0 Å². The van der Waals surface area contributed by atoms with E-state index in [4.69, 9.17) is 4.84 Å². The number of benzene rings is 2. The van der Waals surface area contributed by atoms with Gasteiger partial charge in [-0.25, -0.2) is 4.79 Å². The summed E-state index contributed by atoms with van der Waals surface area (Å²) >= 11 is 0. The van der Waals surface area contributed by atoms with Crippen LogP contribution in [0.2, 0.25) is 0 Å². The summed E-state index contributed by atoms with van der Waals surface area (Å²) in [4.78, 5) is 44.9. The number of carbonyl (C=O) groups is 3. The first-order chi connectivity index (χ1) is 12.1. The Labute approximate surface area is 143 Å². The number of fused-ring (bicyclic) bond motifs is 2. The summed E-state index contributed by atoms with van der Waals surface area (Å²) in [5, 5.41) is 1.48. The SMILES string of the molecule is Cc1cccc2[nH]cc(CC(=O)ON3C(=O)c4ccccc4C3=O)c12. The number of hydroxylamine groups is 2. The molecular formula is C19H14N2O4. The summed E-state index contributed by atoms with van der Waals surface area (Å²) in [5.41, 5.74) is 3.19. The lowest BCUT2D eigenvalue weighted by Gasteiger charge is -2.12. The third kappa shape index (κ3) is 2.39. The zero-order chi connectivity index (χ0) is 17.6. The predicted molar refractivity (Wildman–Crippen MR) is 89.8 cm³/mol. The van der Waals surface area contributed by atoms with Crippen LogP contribution in [0.25, 0.3) is 10.9 Å². The van der Waals surface area contributed by atoms with Crippen molar-refractivity contribution in [2.24, 2.45) is 0 Å². The van der Waals surface area contributed by atoms with E-state index in [1.807, 2.05) is 25.1 Å². The molecular weight excluding hydrogens is 320 g/mol. The molecule has 0 spiro atoms. The largest absolute Gasteiger partial charge is 0.361 e. The Hall–Kier alpha value is -3.41. The van der Waals surface area contributed by atoms with Gasteiger partial charge in [0.1, 0.15) is 0 Å². The van der Waals surface area contributed by atoms with Crippen molar-refractivity contribution in [3.05, 3.63) is 70.9 Å². The second-order valence-corrected chi connectivity index (χ2v) is 5.90. The molecule has 2 aromatic carbocycles. The van der Waals surface area contributed by atoms with E-state index >= 15 is 0 Å². The maximum absolute atomic E-state index is 12.3. The van der Waals surface area contributed by atoms with E-state index in [1.54, 1.807) is 18.3 Å². The molecule has 0 saturated heterocycles. The Morgan fingerprint density at radius 2 is 1.72 bits per heavy atom. The Kier molecular flexibility index (Phi) is 3.39. The lowest BCUT2D eigenvalue weighted by Crippen LogP contribution is -2.33. The normalized spacial score (nSPS) is 13.4. The standard InChI is InChI=1S/C19H14N2O4/c1-11-5-4-8-15-17(11)12(10-20-15)9-16(22)25-21-18(23)13-6-2-3-7-14(13)19(21)24/h2-8,10,20H,9H2,1H3. The molecule has 1 aromatic heterocycles. The van der Waals surface area contributed by atoms with Gasteiger partial charge in [0.15, 0.2) is 0 Å². The minimum atomic E-state index is -0.668. The molecule has 2 amide bonds. The van der Waals surface area contributed by atoms with Crippen LogP contribution < -0.4 is 0 Å². The number of imide groups is 1. The number of aromatic nitrogens is 1. The molecule has 0 aliphatic carbocycles. The second-order valence-electron chi connectivity index (χ2n) is 5.90. The number of nitrogens with one attached hydrogen (secondary N) is 1. The summed E-state index contributed by atoms with van der Waals surface area (Å²) in [6, 6.07) is 12.2. The monoisotopic (exact) mass is 334 g/mol. The van der Waals surface area contributed by atoms with Gasteiger partial charge in [0.25, 0.3) is 11.8 Å². The number of H-pyrrole nitrogens is 1. The van der Waals surface area contributed by atoms with Crippen molar-refractivity contribution in [2.75, 3.05) is 0 Å². The van der Waals surface area contributed by atoms with Gasteiger partial charge in [-0.1, -0.05) is 29.3 Å². The molecule has 25 heavy (non-hydrogen) atoms. The highest BCUT2D eigenvalue weighted by Crippen LogP contribution is 2.25. The first kappa shape index (κ1) is 15.1. The van der Waals surface area contributed by atoms with Gasteiger partial charge >= 0.3 is 5.97 Å². The molecule has 1 aliphatic heterocycles. The Bertz CT molecular complexity index is 1000. The summed E-state index contributed by atoms with van der Waals surface area (Å²) in [5.74, 6) is -1.91. The fourth-order valence-corrected chi connectivity index (χ4v) is 3.13. The Morgan fingerprint density at radius 3 is 2.40 bits per heavy atom. The van der Waals surface area contributed by atoms with Crippen molar-refractivity contribution in [1.82, 2.24) is 10.0 Å². The number of aromatic amines is 1. The van der Waals surface area contributed by atoms with E-state index in [0.717, 1.165) is 22.0 Å². The number of hydrogen-bond donors (Lipinski definition) is 1. The van der Waals surface area contributed by atoms with E-state index in [-0.39, 0.29) is 17.5 Å². The van der Waals surface area contributed by atoms with Gasteiger partial charge in [-0.05, 0) is 36.2 Å². The highest BCUT2D eigenvalue weighted by molar-refractivity contribution is 6.20. The van der Waals surface area contributed by atoms with Crippen LogP contribution in [0.1, 0.15) is 31.8 Å². The molecule has 0 saturated carbocycles. The van der Waals surface area contributed by atoms with Crippen molar-refractivity contribution in [3.8, 4) is 0 Å². The van der Waals surface area contributed by atoms with Crippen LogP contribution in [0, 0.1) is 6.92 Å². The maximum Gasteiger partial charge on any atom is 0.337 e. The zero-order valence-corrected chi connectivity index (χ0v) is 13.4. The average molecular weight is 334 g/mol. The summed E-state index contributed by atoms with van der Waals surface area (Å²) in [6.45, 7) is 1.95. The predicted octanol–water partition coefficient (Wildman–Crippen LogP) is 2.77. The quantitative estimate of drug-likeness (QED) is 0.747. The molecule has 124 valence electrons. The minimum Gasteiger partial charge on any atom is -0.361 e. The number of nitrogens with zero attached hydrogens (tertiary/aromatic N) is 1. The molecule has 1 aliphatic rings. The third-order valence-electron chi connectivity index (χ3n) is 4.28. The molecule has 2 heterocycles. The Morgan fingerprint density at radius 1 is 1.04 bits per heavy atom. The van der Waals surface area contributed by atoms with Gasteiger partial charge in [0, 0.05) is 17.1 Å². The van der Waals surface area contributed by atoms with Crippen molar-refractivity contribution < 1.29 is 19.2 Å². The van der Waals surface area contributed by atoms with E-state index in [1.165, 1.54) is 12.1 Å². The number of amides is 2. The summed E-state index contributed by atoms with van der Waals surface area (Å²) < 4.78 is 0. The van der Waals surface area contributed by atoms with Crippen LogP contribution in [-0.2, 0) is 16.1 Å². The zero-order valence-electron chi connectivity index (χ0n) is 13.4. The number of rotatable bonds is 3. The molecule has 0 bridgehead atoms. The van der Waals surface area contributed by atoms with Crippen molar-refractivity contribution >= 4 is 28.7 Å². The van der Waals surface area contributed by atoms with Gasteiger partial charge in [-0.15, -0.1) is 0 Å². The van der Waals surface area contributed by atoms with Crippen LogP contribution in [-0.4, -0.2) is 27.8 Å². The first-order valence-electron chi connectivity index (χ1n) is 7.80. The van der Waals surface area contributed by atoms with Gasteiger partial charge in [0.2, 0.25) is 0 Å². The highest BCUT2D eigenvalue weighted by Gasteiger charge is 2.38. The second kappa shape index (κ2) is 5.59. The molecule has 1 N–H and O–H groups in total. The van der Waals surface area contributed by atoms with Crippen LogP contribution in [0.15, 0.2) is 48.7 Å². The highest BCUT2D eigenvalue weighted by atomic mass is 16.7. The first-order valence-corrected chi connectivity index (χ1v) is 7.80. The maximum atomic E-state index is 12.3. The molecule has 0 atom stereocenters. The smallest absolute Gasteiger partial charge is 0.337 e.